The zero-order valence-corrected chi connectivity index (χ0v) is 13.1. The van der Waals surface area contributed by atoms with Crippen molar-refractivity contribution in [3.63, 3.8) is 0 Å². The van der Waals surface area contributed by atoms with Crippen molar-refractivity contribution in [3.8, 4) is 0 Å². The highest BCUT2D eigenvalue weighted by Crippen LogP contribution is 2.20. The summed E-state index contributed by atoms with van der Waals surface area (Å²) in [6, 6.07) is 0.192. The van der Waals surface area contributed by atoms with Crippen LogP contribution in [-0.4, -0.2) is 29.6 Å². The number of rotatable bonds is 6. The van der Waals surface area contributed by atoms with Gasteiger partial charge in [-0.3, -0.25) is 10.1 Å². The number of hydrogen-bond donors (Lipinski definition) is 2. The van der Waals surface area contributed by atoms with E-state index >= 15 is 0 Å². The molecule has 1 atom stereocenters. The third kappa shape index (κ3) is 6.13. The molecule has 0 radical (unpaired) electrons. The quantitative estimate of drug-likeness (QED) is 0.843. The number of ether oxygens (including phenoxy) is 1. The van der Waals surface area contributed by atoms with Crippen molar-refractivity contribution >= 4 is 22.4 Å². The minimum Gasteiger partial charge on any atom is -0.366 e. The highest BCUT2D eigenvalue weighted by molar-refractivity contribution is 7.13. The SMILES string of the molecule is CCNC(C)c1csc(NC(=O)COC(C)(C)C)n1. The van der Waals surface area contributed by atoms with Crippen LogP contribution in [0.15, 0.2) is 5.38 Å². The van der Waals surface area contributed by atoms with Crippen molar-refractivity contribution in [2.24, 2.45) is 0 Å². The summed E-state index contributed by atoms with van der Waals surface area (Å²) in [6.45, 7) is 10.8. The van der Waals surface area contributed by atoms with Crippen molar-refractivity contribution in [2.75, 3.05) is 18.5 Å². The van der Waals surface area contributed by atoms with Crippen molar-refractivity contribution in [3.05, 3.63) is 11.1 Å². The molecule has 0 aliphatic heterocycles. The Labute approximate surface area is 118 Å². The van der Waals surface area contributed by atoms with Gasteiger partial charge in [0.05, 0.1) is 11.3 Å². The average Bonchev–Trinajstić information content (AvgIpc) is 2.74. The van der Waals surface area contributed by atoms with Crippen LogP contribution in [0.1, 0.15) is 46.4 Å². The van der Waals surface area contributed by atoms with Crippen LogP contribution in [0.25, 0.3) is 0 Å². The molecular formula is C13H23N3O2S. The van der Waals surface area contributed by atoms with E-state index in [1.807, 2.05) is 33.1 Å². The number of thiazole rings is 1. The van der Waals surface area contributed by atoms with Gasteiger partial charge in [0.15, 0.2) is 5.13 Å². The first-order chi connectivity index (χ1) is 8.81. The third-order valence-electron chi connectivity index (χ3n) is 2.36. The Balaban J connectivity index is 2.47. The van der Waals surface area contributed by atoms with Gasteiger partial charge in [-0.2, -0.15) is 0 Å². The normalized spacial score (nSPS) is 13.3. The smallest absolute Gasteiger partial charge is 0.252 e. The lowest BCUT2D eigenvalue weighted by atomic mass is 10.2. The second-order valence-corrected chi connectivity index (χ2v) is 6.16. The fourth-order valence-electron chi connectivity index (χ4n) is 1.39. The van der Waals surface area contributed by atoms with Gasteiger partial charge in [0.2, 0.25) is 0 Å². The molecule has 2 N–H and O–H groups in total. The number of nitrogens with one attached hydrogen (secondary N) is 2. The predicted octanol–water partition coefficient (Wildman–Crippen LogP) is 2.57. The first-order valence-electron chi connectivity index (χ1n) is 6.44. The van der Waals surface area contributed by atoms with Gasteiger partial charge in [-0.15, -0.1) is 11.3 Å². The highest BCUT2D eigenvalue weighted by Gasteiger charge is 2.14. The van der Waals surface area contributed by atoms with E-state index < -0.39 is 0 Å². The number of carbonyl (C=O) groups is 1. The first-order valence-corrected chi connectivity index (χ1v) is 7.32. The van der Waals surface area contributed by atoms with E-state index in [9.17, 15) is 4.79 Å². The topological polar surface area (TPSA) is 63.2 Å². The van der Waals surface area contributed by atoms with E-state index in [0.717, 1.165) is 12.2 Å². The molecular weight excluding hydrogens is 262 g/mol. The fraction of sp³-hybridized carbons (Fsp3) is 0.692. The minimum atomic E-state index is -0.315. The molecule has 1 amide bonds. The molecule has 1 rings (SSSR count). The van der Waals surface area contributed by atoms with Crippen LogP contribution in [0.4, 0.5) is 5.13 Å². The van der Waals surface area contributed by atoms with Crippen LogP contribution in [0.5, 0.6) is 0 Å². The van der Waals surface area contributed by atoms with Gasteiger partial charge in [-0.1, -0.05) is 6.92 Å². The molecule has 0 aliphatic rings. The molecule has 108 valence electrons. The van der Waals surface area contributed by atoms with Gasteiger partial charge in [0.25, 0.3) is 5.91 Å². The number of anilines is 1. The van der Waals surface area contributed by atoms with Crippen LogP contribution in [-0.2, 0) is 9.53 Å². The summed E-state index contributed by atoms with van der Waals surface area (Å²) < 4.78 is 5.41. The average molecular weight is 285 g/mol. The maximum atomic E-state index is 11.7. The minimum absolute atomic E-state index is 0.0428. The zero-order valence-electron chi connectivity index (χ0n) is 12.2. The Kier molecular flexibility index (Phi) is 5.90. The summed E-state index contributed by atoms with van der Waals surface area (Å²) in [7, 11) is 0. The second-order valence-electron chi connectivity index (χ2n) is 5.31. The predicted molar refractivity (Wildman–Crippen MR) is 78.5 cm³/mol. The lowest BCUT2D eigenvalue weighted by Gasteiger charge is -2.18. The Bertz CT molecular complexity index is 412. The molecule has 5 nitrogen and oxygen atoms in total. The largest absolute Gasteiger partial charge is 0.366 e. The van der Waals surface area contributed by atoms with E-state index in [4.69, 9.17) is 4.74 Å². The zero-order chi connectivity index (χ0) is 14.5. The molecule has 0 spiro atoms. The lowest BCUT2D eigenvalue weighted by Crippen LogP contribution is -2.27. The van der Waals surface area contributed by atoms with Crippen LogP contribution in [0, 0.1) is 0 Å². The molecule has 1 aromatic heterocycles. The Hall–Kier alpha value is -0.980. The van der Waals surface area contributed by atoms with Gasteiger partial charge < -0.3 is 10.1 Å². The number of hydrogen-bond acceptors (Lipinski definition) is 5. The van der Waals surface area contributed by atoms with Crippen molar-refractivity contribution < 1.29 is 9.53 Å². The van der Waals surface area contributed by atoms with E-state index in [1.165, 1.54) is 11.3 Å². The molecule has 0 aromatic carbocycles. The molecule has 0 saturated carbocycles. The van der Waals surface area contributed by atoms with Crippen LogP contribution in [0.2, 0.25) is 0 Å². The molecule has 0 fully saturated rings. The molecule has 0 bridgehead atoms. The van der Waals surface area contributed by atoms with Gasteiger partial charge in [-0.25, -0.2) is 4.98 Å². The summed E-state index contributed by atoms with van der Waals surface area (Å²) in [5.74, 6) is -0.174. The molecule has 0 saturated heterocycles. The van der Waals surface area contributed by atoms with Gasteiger partial charge in [0.1, 0.15) is 6.61 Å². The monoisotopic (exact) mass is 285 g/mol. The van der Waals surface area contributed by atoms with Gasteiger partial charge in [-0.05, 0) is 34.2 Å². The highest BCUT2D eigenvalue weighted by atomic mass is 32.1. The fourth-order valence-corrected chi connectivity index (χ4v) is 2.21. The summed E-state index contributed by atoms with van der Waals surface area (Å²) in [5.41, 5.74) is 0.629. The molecule has 0 aliphatic carbocycles. The Morgan fingerprint density at radius 1 is 1.53 bits per heavy atom. The van der Waals surface area contributed by atoms with Gasteiger partial charge >= 0.3 is 0 Å². The standard InChI is InChI=1S/C13H23N3O2S/c1-6-14-9(2)10-8-19-12(15-10)16-11(17)7-18-13(3,4)5/h8-9,14H,6-7H2,1-5H3,(H,15,16,17). The van der Waals surface area contributed by atoms with Crippen LogP contribution >= 0.6 is 11.3 Å². The van der Waals surface area contributed by atoms with Crippen molar-refractivity contribution in [1.29, 1.82) is 0 Å². The Morgan fingerprint density at radius 2 is 2.21 bits per heavy atom. The van der Waals surface area contributed by atoms with E-state index in [2.05, 4.69) is 22.5 Å². The molecule has 1 unspecified atom stereocenters. The van der Waals surface area contributed by atoms with E-state index in [1.54, 1.807) is 0 Å². The molecule has 1 aromatic rings. The summed E-state index contributed by atoms with van der Waals surface area (Å²) >= 11 is 1.43. The van der Waals surface area contributed by atoms with E-state index in [-0.39, 0.29) is 24.2 Å². The van der Waals surface area contributed by atoms with E-state index in [0.29, 0.717) is 5.13 Å². The van der Waals surface area contributed by atoms with Gasteiger partial charge in [0, 0.05) is 11.4 Å². The summed E-state index contributed by atoms with van der Waals surface area (Å²) in [5, 5.41) is 8.59. The molecule has 1 heterocycles. The maximum absolute atomic E-state index is 11.7. The van der Waals surface area contributed by atoms with Crippen molar-refractivity contribution in [1.82, 2.24) is 10.3 Å². The van der Waals surface area contributed by atoms with Crippen LogP contribution in [0.3, 0.4) is 0 Å². The summed E-state index contributed by atoms with van der Waals surface area (Å²) in [6.07, 6.45) is 0. The lowest BCUT2D eigenvalue weighted by molar-refractivity contribution is -0.125. The summed E-state index contributed by atoms with van der Waals surface area (Å²) in [4.78, 5) is 16.1. The number of nitrogens with zero attached hydrogens (tertiary/aromatic N) is 1. The maximum Gasteiger partial charge on any atom is 0.252 e. The number of aromatic nitrogens is 1. The Morgan fingerprint density at radius 3 is 2.79 bits per heavy atom. The van der Waals surface area contributed by atoms with Crippen molar-refractivity contribution in [2.45, 2.75) is 46.3 Å². The first kappa shape index (κ1) is 16.1. The second kappa shape index (κ2) is 6.98. The molecule has 6 heteroatoms. The number of carbonyl (C=O) groups excluding carboxylic acids is 1. The third-order valence-corrected chi connectivity index (χ3v) is 3.13. The van der Waals surface area contributed by atoms with Crippen LogP contribution < -0.4 is 10.6 Å². The number of amides is 1. The molecule has 19 heavy (non-hydrogen) atoms.